The van der Waals surface area contributed by atoms with Crippen molar-refractivity contribution in [1.29, 1.82) is 0 Å². The molecule has 2 nitrogen and oxygen atoms in total. The van der Waals surface area contributed by atoms with Gasteiger partial charge in [0.1, 0.15) is 0 Å². The van der Waals surface area contributed by atoms with Crippen LogP contribution in [0.4, 0.5) is 0 Å². The predicted molar refractivity (Wildman–Crippen MR) is 141 cm³/mol. The van der Waals surface area contributed by atoms with Gasteiger partial charge in [-0.25, -0.2) is 0 Å². The van der Waals surface area contributed by atoms with Crippen molar-refractivity contribution >= 4 is 0 Å². The van der Waals surface area contributed by atoms with E-state index in [2.05, 4.69) is 19.2 Å². The molecule has 31 heavy (non-hydrogen) atoms. The zero-order valence-corrected chi connectivity index (χ0v) is 21.9. The molecule has 0 aliphatic rings. The zero-order chi connectivity index (χ0) is 22.7. The SMILES string of the molecule is CCCCCCCCCCCCCCCCNCC(O)CCCCCCCCCCC. The van der Waals surface area contributed by atoms with Crippen LogP contribution in [-0.4, -0.2) is 24.3 Å². The summed E-state index contributed by atoms with van der Waals surface area (Å²) in [6, 6.07) is 0. The van der Waals surface area contributed by atoms with Crippen LogP contribution in [0.25, 0.3) is 0 Å². The van der Waals surface area contributed by atoms with Gasteiger partial charge in [0, 0.05) is 6.54 Å². The third kappa shape index (κ3) is 27.9. The Bertz CT molecular complexity index is 307. The maximum Gasteiger partial charge on any atom is 0.0664 e. The lowest BCUT2D eigenvalue weighted by molar-refractivity contribution is 0.158. The van der Waals surface area contributed by atoms with Crippen molar-refractivity contribution < 1.29 is 5.11 Å². The van der Waals surface area contributed by atoms with Crippen LogP contribution < -0.4 is 5.32 Å². The van der Waals surface area contributed by atoms with Gasteiger partial charge in [-0.05, 0) is 19.4 Å². The predicted octanol–water partition coefficient (Wildman–Crippen LogP) is 9.34. The van der Waals surface area contributed by atoms with E-state index in [1.54, 1.807) is 0 Å². The minimum absolute atomic E-state index is 0.142. The molecule has 0 fully saturated rings. The second-order valence-electron chi connectivity index (χ2n) is 10.1. The molecule has 0 aromatic rings. The zero-order valence-electron chi connectivity index (χ0n) is 21.9. The Kier molecular flexibility index (Phi) is 27.9. The van der Waals surface area contributed by atoms with Crippen molar-refractivity contribution in [1.82, 2.24) is 5.32 Å². The second kappa shape index (κ2) is 28.0. The largest absolute Gasteiger partial charge is 0.392 e. The van der Waals surface area contributed by atoms with Crippen molar-refractivity contribution in [2.75, 3.05) is 13.1 Å². The summed E-state index contributed by atoms with van der Waals surface area (Å²) in [7, 11) is 0. The first-order valence-corrected chi connectivity index (χ1v) is 14.7. The first kappa shape index (κ1) is 30.9. The summed E-state index contributed by atoms with van der Waals surface area (Å²) in [5.74, 6) is 0. The minimum atomic E-state index is -0.142. The molecule has 0 aromatic carbocycles. The third-order valence-corrected chi connectivity index (χ3v) is 6.73. The molecule has 1 unspecified atom stereocenters. The van der Waals surface area contributed by atoms with Gasteiger partial charge in [-0.15, -0.1) is 0 Å². The van der Waals surface area contributed by atoms with Crippen LogP contribution in [0, 0.1) is 0 Å². The molecule has 0 rings (SSSR count). The fraction of sp³-hybridized carbons (Fsp3) is 1.00. The molecular weight excluding hydrogens is 378 g/mol. The maximum absolute atomic E-state index is 10.1. The molecule has 0 spiro atoms. The van der Waals surface area contributed by atoms with Gasteiger partial charge in [-0.3, -0.25) is 0 Å². The summed E-state index contributed by atoms with van der Waals surface area (Å²) in [6.45, 7) is 6.43. The fourth-order valence-corrected chi connectivity index (χ4v) is 4.51. The van der Waals surface area contributed by atoms with Crippen molar-refractivity contribution in [2.45, 2.75) is 174 Å². The number of rotatable bonds is 27. The fourth-order valence-electron chi connectivity index (χ4n) is 4.51. The quantitative estimate of drug-likeness (QED) is 0.125. The van der Waals surface area contributed by atoms with E-state index in [-0.39, 0.29) is 6.10 Å². The van der Waals surface area contributed by atoms with E-state index in [1.165, 1.54) is 148 Å². The third-order valence-electron chi connectivity index (χ3n) is 6.73. The highest BCUT2D eigenvalue weighted by Gasteiger charge is 2.03. The van der Waals surface area contributed by atoms with Crippen molar-refractivity contribution in [3.63, 3.8) is 0 Å². The Morgan fingerprint density at radius 1 is 0.452 bits per heavy atom. The summed E-state index contributed by atoms with van der Waals surface area (Å²) >= 11 is 0. The number of aliphatic hydroxyl groups excluding tert-OH is 1. The molecule has 188 valence electrons. The van der Waals surface area contributed by atoms with Crippen LogP contribution >= 0.6 is 0 Å². The van der Waals surface area contributed by atoms with E-state index in [1.807, 2.05) is 0 Å². The van der Waals surface area contributed by atoms with Crippen molar-refractivity contribution in [3.8, 4) is 0 Å². The van der Waals surface area contributed by atoms with Gasteiger partial charge in [-0.1, -0.05) is 155 Å². The smallest absolute Gasteiger partial charge is 0.0664 e. The van der Waals surface area contributed by atoms with Crippen LogP contribution in [0.3, 0.4) is 0 Å². The molecule has 2 N–H and O–H groups in total. The van der Waals surface area contributed by atoms with Gasteiger partial charge in [0.25, 0.3) is 0 Å². The van der Waals surface area contributed by atoms with E-state index in [0.29, 0.717) is 0 Å². The first-order valence-electron chi connectivity index (χ1n) is 14.7. The van der Waals surface area contributed by atoms with E-state index >= 15 is 0 Å². The highest BCUT2D eigenvalue weighted by Crippen LogP contribution is 2.13. The van der Waals surface area contributed by atoms with Gasteiger partial charge in [0.2, 0.25) is 0 Å². The average Bonchev–Trinajstić information content (AvgIpc) is 2.77. The lowest BCUT2D eigenvalue weighted by Crippen LogP contribution is -2.27. The van der Waals surface area contributed by atoms with Crippen LogP contribution in [0.15, 0.2) is 0 Å². The normalized spacial score (nSPS) is 12.5. The first-order chi connectivity index (χ1) is 15.3. The van der Waals surface area contributed by atoms with Crippen LogP contribution in [-0.2, 0) is 0 Å². The monoisotopic (exact) mass is 439 g/mol. The Hall–Kier alpha value is -0.0800. The van der Waals surface area contributed by atoms with Crippen LogP contribution in [0.1, 0.15) is 168 Å². The van der Waals surface area contributed by atoms with Crippen LogP contribution in [0.5, 0.6) is 0 Å². The average molecular weight is 440 g/mol. The Balaban J connectivity index is 3.11. The Labute approximate surface area is 197 Å². The molecule has 0 saturated heterocycles. The van der Waals surface area contributed by atoms with Gasteiger partial charge in [0.15, 0.2) is 0 Å². The summed E-state index contributed by atoms with van der Waals surface area (Å²) in [5, 5.41) is 13.6. The second-order valence-corrected chi connectivity index (χ2v) is 10.1. The maximum atomic E-state index is 10.1. The molecule has 0 amide bonds. The number of nitrogens with one attached hydrogen (secondary N) is 1. The van der Waals surface area contributed by atoms with Gasteiger partial charge >= 0.3 is 0 Å². The molecule has 1 atom stereocenters. The number of hydrogen-bond donors (Lipinski definition) is 2. The Morgan fingerprint density at radius 3 is 1.16 bits per heavy atom. The van der Waals surface area contributed by atoms with E-state index < -0.39 is 0 Å². The standard InChI is InChI=1S/C29H61NO/c1-3-5-7-9-11-13-14-15-16-17-19-21-23-25-27-30-28-29(31)26-24-22-20-18-12-10-8-6-4-2/h29-31H,3-28H2,1-2H3. The van der Waals surface area contributed by atoms with E-state index in [0.717, 1.165) is 19.5 Å². The molecule has 0 bridgehead atoms. The van der Waals surface area contributed by atoms with Crippen LogP contribution in [0.2, 0.25) is 0 Å². The van der Waals surface area contributed by atoms with Gasteiger partial charge in [0.05, 0.1) is 6.10 Å². The van der Waals surface area contributed by atoms with Crippen molar-refractivity contribution in [2.24, 2.45) is 0 Å². The summed E-state index contributed by atoms with van der Waals surface area (Å²) < 4.78 is 0. The minimum Gasteiger partial charge on any atom is -0.392 e. The number of hydrogen-bond acceptors (Lipinski definition) is 2. The van der Waals surface area contributed by atoms with E-state index in [4.69, 9.17) is 0 Å². The van der Waals surface area contributed by atoms with Crippen molar-refractivity contribution in [3.05, 3.63) is 0 Å². The topological polar surface area (TPSA) is 32.3 Å². The van der Waals surface area contributed by atoms with Gasteiger partial charge < -0.3 is 10.4 Å². The highest BCUT2D eigenvalue weighted by molar-refractivity contribution is 4.60. The molecule has 0 aromatic heterocycles. The molecule has 2 heteroatoms. The molecule has 0 aliphatic carbocycles. The lowest BCUT2D eigenvalue weighted by Gasteiger charge is -2.11. The number of aliphatic hydroxyl groups is 1. The number of unbranched alkanes of at least 4 members (excludes halogenated alkanes) is 21. The molecule has 0 radical (unpaired) electrons. The summed E-state index contributed by atoms with van der Waals surface area (Å²) in [5.41, 5.74) is 0. The summed E-state index contributed by atoms with van der Waals surface area (Å²) in [4.78, 5) is 0. The lowest BCUT2D eigenvalue weighted by atomic mass is 10.0. The Morgan fingerprint density at radius 2 is 0.774 bits per heavy atom. The molecular formula is C29H61NO. The molecule has 0 aliphatic heterocycles. The summed E-state index contributed by atoms with van der Waals surface area (Å²) in [6.07, 6.45) is 32.8. The highest BCUT2D eigenvalue weighted by atomic mass is 16.3. The van der Waals surface area contributed by atoms with E-state index in [9.17, 15) is 5.11 Å². The van der Waals surface area contributed by atoms with Gasteiger partial charge in [-0.2, -0.15) is 0 Å². The molecule has 0 heterocycles. The molecule has 0 saturated carbocycles.